The molecule has 3 aromatic carbocycles. The number of rotatable bonds is 7. The van der Waals surface area contributed by atoms with Crippen LogP contribution in [0, 0.1) is 13.8 Å². The molecule has 1 aliphatic heterocycles. The third kappa shape index (κ3) is 4.89. The van der Waals surface area contributed by atoms with Crippen LogP contribution in [-0.2, 0) is 9.59 Å². The van der Waals surface area contributed by atoms with Crippen molar-refractivity contribution in [2.24, 2.45) is 0 Å². The number of imide groups is 1. The Morgan fingerprint density at radius 1 is 0.889 bits per heavy atom. The molecule has 0 radical (unpaired) electrons. The highest BCUT2D eigenvalue weighted by Crippen LogP contribution is 2.32. The molecule has 0 atom stereocenters. The second-order valence-corrected chi connectivity index (χ2v) is 8.58. The summed E-state index contributed by atoms with van der Waals surface area (Å²) >= 11 is 6.27. The Balaban J connectivity index is 1.56. The summed E-state index contributed by atoms with van der Waals surface area (Å²) in [6.45, 7) is 3.76. The van der Waals surface area contributed by atoms with Gasteiger partial charge in [0.1, 0.15) is 22.2 Å². The molecule has 4 rings (SSSR count). The smallest absolute Gasteiger partial charge is 0.283 e. The minimum absolute atomic E-state index is 0.0622. The lowest BCUT2D eigenvalue weighted by Crippen LogP contribution is -2.32. The minimum atomic E-state index is -0.617. The number of carbonyl (C=O) groups is 3. The monoisotopic (exact) mass is 505 g/mol. The Hall–Kier alpha value is -4.30. The zero-order valence-electron chi connectivity index (χ0n) is 20.1. The summed E-state index contributed by atoms with van der Waals surface area (Å²) in [6.07, 6.45) is 0. The van der Waals surface area contributed by atoms with Crippen molar-refractivity contribution in [3.05, 3.63) is 88.1 Å². The Kier molecular flexibility index (Phi) is 6.98. The molecule has 8 nitrogen and oxygen atoms in total. The first-order valence-corrected chi connectivity index (χ1v) is 11.4. The van der Waals surface area contributed by atoms with Crippen LogP contribution in [0.2, 0.25) is 0 Å². The van der Waals surface area contributed by atoms with Crippen LogP contribution in [0.15, 0.2) is 71.4 Å². The van der Waals surface area contributed by atoms with Crippen molar-refractivity contribution in [1.82, 2.24) is 0 Å². The molecule has 0 bridgehead atoms. The molecule has 0 fully saturated rings. The van der Waals surface area contributed by atoms with Crippen LogP contribution < -0.4 is 25.0 Å². The number of methoxy groups -OCH3 is 2. The van der Waals surface area contributed by atoms with E-state index in [0.29, 0.717) is 34.1 Å². The van der Waals surface area contributed by atoms with Gasteiger partial charge >= 0.3 is 0 Å². The van der Waals surface area contributed by atoms with Crippen LogP contribution in [0.4, 0.5) is 17.1 Å². The number of ether oxygens (including phenoxy) is 2. The molecule has 0 unspecified atom stereocenters. The summed E-state index contributed by atoms with van der Waals surface area (Å²) in [6, 6.07) is 17.0. The molecule has 9 heteroatoms. The molecule has 0 saturated heterocycles. The summed E-state index contributed by atoms with van der Waals surface area (Å²) in [7, 11) is 3.03. The molecule has 0 spiro atoms. The highest BCUT2D eigenvalue weighted by Gasteiger charge is 2.39. The zero-order chi connectivity index (χ0) is 26.0. The number of anilines is 3. The summed E-state index contributed by atoms with van der Waals surface area (Å²) in [4.78, 5) is 39.9. The maximum Gasteiger partial charge on any atom is 0.283 e. The number of nitrogens with zero attached hydrogens (tertiary/aromatic N) is 1. The second kappa shape index (κ2) is 10.1. The van der Waals surface area contributed by atoms with Crippen molar-refractivity contribution < 1.29 is 23.9 Å². The van der Waals surface area contributed by atoms with E-state index in [4.69, 9.17) is 21.1 Å². The van der Waals surface area contributed by atoms with Crippen molar-refractivity contribution in [2.75, 3.05) is 29.8 Å². The molecule has 36 heavy (non-hydrogen) atoms. The molecule has 0 aromatic heterocycles. The second-order valence-electron chi connectivity index (χ2n) is 8.21. The van der Waals surface area contributed by atoms with Gasteiger partial charge in [0.05, 0.1) is 25.6 Å². The van der Waals surface area contributed by atoms with Gasteiger partial charge in [0, 0.05) is 17.3 Å². The van der Waals surface area contributed by atoms with Gasteiger partial charge < -0.3 is 20.1 Å². The van der Waals surface area contributed by atoms with Crippen LogP contribution in [0.3, 0.4) is 0 Å². The van der Waals surface area contributed by atoms with E-state index in [0.717, 1.165) is 16.0 Å². The van der Waals surface area contributed by atoms with Gasteiger partial charge in [-0.1, -0.05) is 23.7 Å². The lowest BCUT2D eigenvalue weighted by molar-refractivity contribution is -0.120. The summed E-state index contributed by atoms with van der Waals surface area (Å²) in [5.41, 5.74) is 3.36. The number of amides is 3. The molecule has 1 heterocycles. The van der Waals surface area contributed by atoms with E-state index in [9.17, 15) is 14.4 Å². The average molecular weight is 506 g/mol. The number of benzene rings is 3. The largest absolute Gasteiger partial charge is 0.497 e. The Morgan fingerprint density at radius 3 is 2.28 bits per heavy atom. The van der Waals surface area contributed by atoms with Crippen LogP contribution in [0.5, 0.6) is 11.5 Å². The van der Waals surface area contributed by atoms with E-state index in [1.165, 1.54) is 14.2 Å². The minimum Gasteiger partial charge on any atom is -0.497 e. The number of carbonyl (C=O) groups excluding carboxylic acids is 3. The third-order valence-corrected chi connectivity index (χ3v) is 5.89. The first kappa shape index (κ1) is 24.8. The lowest BCUT2D eigenvalue weighted by Gasteiger charge is -2.16. The predicted molar refractivity (Wildman–Crippen MR) is 139 cm³/mol. The first-order valence-electron chi connectivity index (χ1n) is 11.0. The first-order chi connectivity index (χ1) is 17.2. The van der Waals surface area contributed by atoms with Crippen LogP contribution in [0.1, 0.15) is 21.5 Å². The van der Waals surface area contributed by atoms with E-state index in [-0.39, 0.29) is 10.7 Å². The number of nitrogens with one attached hydrogen (secondary N) is 2. The van der Waals surface area contributed by atoms with E-state index < -0.39 is 17.7 Å². The number of hydrogen-bond donors (Lipinski definition) is 2. The van der Waals surface area contributed by atoms with Gasteiger partial charge in [-0.05, 0) is 67.4 Å². The molecule has 0 saturated carbocycles. The molecule has 3 amide bonds. The molecular weight excluding hydrogens is 482 g/mol. The molecular formula is C27H24ClN3O5. The summed E-state index contributed by atoms with van der Waals surface area (Å²) in [5, 5.41) is 5.48. The van der Waals surface area contributed by atoms with Crippen LogP contribution in [-0.4, -0.2) is 31.9 Å². The number of hydrogen-bond acceptors (Lipinski definition) is 6. The standard InChI is InChI=1S/C27H24ClN3O5/c1-15-10-16(2)12-19(11-15)31-26(33)23(28)24(27(31)34)29-18-7-5-6-17(13-18)25(32)30-21-14-20(35-3)8-9-22(21)36-4/h5-14,29H,1-4H3,(H,30,32). The fraction of sp³-hybridized carbons (Fsp3) is 0.148. The molecule has 2 N–H and O–H groups in total. The SMILES string of the molecule is COc1ccc(OC)c(NC(=O)c2cccc(NC3=C(Cl)C(=O)N(c4cc(C)cc(C)c4)C3=O)c2)c1. The maximum absolute atomic E-state index is 13.1. The quantitative estimate of drug-likeness (QED) is 0.438. The van der Waals surface area contributed by atoms with E-state index in [1.807, 2.05) is 19.9 Å². The Labute approximate surface area is 213 Å². The summed E-state index contributed by atoms with van der Waals surface area (Å²) < 4.78 is 10.5. The van der Waals surface area contributed by atoms with Crippen molar-refractivity contribution in [3.63, 3.8) is 0 Å². The van der Waals surface area contributed by atoms with E-state index >= 15 is 0 Å². The number of halogens is 1. The molecule has 1 aliphatic rings. The zero-order valence-corrected chi connectivity index (χ0v) is 20.9. The van der Waals surface area contributed by atoms with Gasteiger partial charge in [-0.2, -0.15) is 0 Å². The van der Waals surface area contributed by atoms with Gasteiger partial charge in [-0.25, -0.2) is 4.90 Å². The van der Waals surface area contributed by atoms with Crippen molar-refractivity contribution in [2.45, 2.75) is 13.8 Å². The average Bonchev–Trinajstić information content (AvgIpc) is 3.06. The van der Waals surface area contributed by atoms with Gasteiger partial charge in [0.2, 0.25) is 0 Å². The molecule has 0 aliphatic carbocycles. The van der Waals surface area contributed by atoms with E-state index in [1.54, 1.807) is 54.6 Å². The highest BCUT2D eigenvalue weighted by molar-refractivity contribution is 6.53. The van der Waals surface area contributed by atoms with Crippen molar-refractivity contribution >= 4 is 46.4 Å². The number of aryl methyl sites for hydroxylation is 2. The highest BCUT2D eigenvalue weighted by atomic mass is 35.5. The van der Waals surface area contributed by atoms with Gasteiger partial charge in [0.15, 0.2) is 0 Å². The predicted octanol–water partition coefficient (Wildman–Crippen LogP) is 5.01. The van der Waals surface area contributed by atoms with Crippen LogP contribution in [0.25, 0.3) is 0 Å². The fourth-order valence-corrected chi connectivity index (χ4v) is 4.13. The van der Waals surface area contributed by atoms with Crippen molar-refractivity contribution in [1.29, 1.82) is 0 Å². The Morgan fingerprint density at radius 2 is 1.61 bits per heavy atom. The molecule has 3 aromatic rings. The summed E-state index contributed by atoms with van der Waals surface area (Å²) in [5.74, 6) is -0.576. The third-order valence-electron chi connectivity index (χ3n) is 5.54. The fourth-order valence-electron chi connectivity index (χ4n) is 3.91. The van der Waals surface area contributed by atoms with E-state index in [2.05, 4.69) is 10.6 Å². The molecule has 184 valence electrons. The van der Waals surface area contributed by atoms with Crippen LogP contribution >= 0.6 is 11.6 Å². The Bertz CT molecular complexity index is 1400. The van der Waals surface area contributed by atoms with Crippen molar-refractivity contribution in [3.8, 4) is 11.5 Å². The van der Waals surface area contributed by atoms with Gasteiger partial charge in [0.25, 0.3) is 17.7 Å². The van der Waals surface area contributed by atoms with Gasteiger partial charge in [-0.3, -0.25) is 14.4 Å². The normalized spacial score (nSPS) is 13.2. The topological polar surface area (TPSA) is 97.0 Å². The van der Waals surface area contributed by atoms with Gasteiger partial charge in [-0.15, -0.1) is 0 Å². The maximum atomic E-state index is 13.1. The lowest BCUT2D eigenvalue weighted by atomic mass is 10.1.